The third-order valence-electron chi connectivity index (χ3n) is 3.66. The number of benzene rings is 1. The molecule has 0 amide bonds. The van der Waals surface area contributed by atoms with Gasteiger partial charge in [-0.05, 0) is 48.4 Å². The molecule has 1 aliphatic rings. The number of H-pyrrole nitrogens is 1. The molecule has 0 atom stereocenters. The van der Waals surface area contributed by atoms with Crippen LogP contribution in [0.3, 0.4) is 0 Å². The predicted molar refractivity (Wildman–Crippen MR) is 71.8 cm³/mol. The summed E-state index contributed by atoms with van der Waals surface area (Å²) in [6, 6.07) is 6.52. The third kappa shape index (κ3) is 1.60. The molecular formula is C14H16BrN. The highest BCUT2D eigenvalue weighted by atomic mass is 79.9. The Morgan fingerprint density at radius 3 is 2.94 bits per heavy atom. The van der Waals surface area contributed by atoms with E-state index >= 15 is 0 Å². The smallest absolute Gasteiger partial charge is 0.0459 e. The molecule has 2 aromatic rings. The Hall–Kier alpha value is -0.760. The molecule has 3 rings (SSSR count). The summed E-state index contributed by atoms with van der Waals surface area (Å²) < 4.78 is 1.17. The van der Waals surface area contributed by atoms with Crippen LogP contribution in [0.5, 0.6) is 0 Å². The van der Waals surface area contributed by atoms with E-state index in [-0.39, 0.29) is 0 Å². The molecule has 0 radical (unpaired) electrons. The van der Waals surface area contributed by atoms with Crippen molar-refractivity contribution < 1.29 is 0 Å². The zero-order valence-corrected chi connectivity index (χ0v) is 11.3. The fraction of sp³-hybridized carbons (Fsp3) is 0.429. The van der Waals surface area contributed by atoms with E-state index in [1.54, 1.807) is 0 Å². The lowest BCUT2D eigenvalue weighted by Gasteiger charge is -2.29. The van der Waals surface area contributed by atoms with Crippen molar-refractivity contribution >= 4 is 26.8 Å². The average molecular weight is 278 g/mol. The molecule has 0 unspecified atom stereocenters. The molecule has 1 aromatic carbocycles. The van der Waals surface area contributed by atoms with Gasteiger partial charge >= 0.3 is 0 Å². The second kappa shape index (κ2) is 3.36. The van der Waals surface area contributed by atoms with Gasteiger partial charge in [0.05, 0.1) is 0 Å². The average Bonchev–Trinajstić information content (AvgIpc) is 2.55. The van der Waals surface area contributed by atoms with Crippen LogP contribution in [0.2, 0.25) is 0 Å². The molecule has 1 nitrogen and oxygen atoms in total. The zero-order chi connectivity index (χ0) is 11.3. The lowest BCUT2D eigenvalue weighted by molar-refractivity contribution is 0.315. The first-order valence-corrected chi connectivity index (χ1v) is 6.63. The standard InChI is InChI=1S/C14H16BrN/c1-14(2)6-5-13-11(8-14)10-7-9(15)3-4-12(10)16-13/h3-4,7,16H,5-6,8H2,1-2H3. The molecule has 2 heteroatoms. The molecule has 0 fully saturated rings. The van der Waals surface area contributed by atoms with E-state index in [0.717, 1.165) is 0 Å². The van der Waals surface area contributed by atoms with Gasteiger partial charge in [0.2, 0.25) is 0 Å². The topological polar surface area (TPSA) is 15.8 Å². The van der Waals surface area contributed by atoms with Crippen molar-refractivity contribution in [2.45, 2.75) is 33.1 Å². The van der Waals surface area contributed by atoms with E-state index < -0.39 is 0 Å². The monoisotopic (exact) mass is 277 g/mol. The quantitative estimate of drug-likeness (QED) is 0.733. The Morgan fingerprint density at radius 1 is 1.31 bits per heavy atom. The van der Waals surface area contributed by atoms with E-state index in [4.69, 9.17) is 0 Å². The Bertz CT molecular complexity index is 551. The summed E-state index contributed by atoms with van der Waals surface area (Å²) in [4.78, 5) is 3.56. The summed E-state index contributed by atoms with van der Waals surface area (Å²) in [6.45, 7) is 4.74. The van der Waals surface area contributed by atoms with E-state index in [1.807, 2.05) is 0 Å². The third-order valence-corrected chi connectivity index (χ3v) is 4.16. The molecule has 0 spiro atoms. The van der Waals surface area contributed by atoms with Gasteiger partial charge in [0.15, 0.2) is 0 Å². The van der Waals surface area contributed by atoms with Crippen LogP contribution in [0.4, 0.5) is 0 Å². The van der Waals surface area contributed by atoms with Gasteiger partial charge in [0.1, 0.15) is 0 Å². The molecule has 1 N–H and O–H groups in total. The van der Waals surface area contributed by atoms with Crippen molar-refractivity contribution in [1.29, 1.82) is 0 Å². The molecule has 1 aromatic heterocycles. The number of aromatic nitrogens is 1. The van der Waals surface area contributed by atoms with E-state index in [2.05, 4.69) is 53.0 Å². The molecule has 1 aliphatic carbocycles. The molecular weight excluding hydrogens is 262 g/mol. The highest BCUT2D eigenvalue weighted by molar-refractivity contribution is 9.10. The Kier molecular flexibility index (Phi) is 2.19. The van der Waals surface area contributed by atoms with Crippen molar-refractivity contribution in [2.24, 2.45) is 5.41 Å². The number of rotatable bonds is 0. The van der Waals surface area contributed by atoms with Crippen LogP contribution < -0.4 is 0 Å². The van der Waals surface area contributed by atoms with Crippen molar-refractivity contribution in [3.8, 4) is 0 Å². The molecule has 0 saturated carbocycles. The largest absolute Gasteiger partial charge is 0.358 e. The molecule has 84 valence electrons. The van der Waals surface area contributed by atoms with Crippen LogP contribution in [0.15, 0.2) is 22.7 Å². The van der Waals surface area contributed by atoms with Crippen LogP contribution in [0.25, 0.3) is 10.9 Å². The molecule has 1 heterocycles. The zero-order valence-electron chi connectivity index (χ0n) is 9.73. The maximum Gasteiger partial charge on any atom is 0.0459 e. The fourth-order valence-electron chi connectivity index (χ4n) is 2.72. The van der Waals surface area contributed by atoms with Gasteiger partial charge in [-0.25, -0.2) is 0 Å². The van der Waals surface area contributed by atoms with Crippen LogP contribution in [-0.4, -0.2) is 4.98 Å². The van der Waals surface area contributed by atoms with Crippen molar-refractivity contribution in [3.63, 3.8) is 0 Å². The number of aryl methyl sites for hydroxylation is 1. The van der Waals surface area contributed by atoms with Gasteiger partial charge in [-0.2, -0.15) is 0 Å². The predicted octanol–water partition coefficient (Wildman–Crippen LogP) is 4.45. The van der Waals surface area contributed by atoms with E-state index in [0.29, 0.717) is 5.41 Å². The van der Waals surface area contributed by atoms with Gasteiger partial charge in [-0.3, -0.25) is 0 Å². The molecule has 0 saturated heterocycles. The minimum Gasteiger partial charge on any atom is -0.358 e. The highest BCUT2D eigenvalue weighted by Crippen LogP contribution is 2.38. The van der Waals surface area contributed by atoms with Crippen LogP contribution in [0, 0.1) is 5.41 Å². The number of fused-ring (bicyclic) bond motifs is 3. The van der Waals surface area contributed by atoms with Crippen LogP contribution in [-0.2, 0) is 12.8 Å². The second-order valence-electron chi connectivity index (χ2n) is 5.61. The number of hydrogen-bond acceptors (Lipinski definition) is 0. The minimum absolute atomic E-state index is 0.449. The van der Waals surface area contributed by atoms with Crippen LogP contribution in [0.1, 0.15) is 31.5 Å². The lowest BCUT2D eigenvalue weighted by Crippen LogP contribution is -2.21. The highest BCUT2D eigenvalue weighted by Gasteiger charge is 2.27. The van der Waals surface area contributed by atoms with E-state index in [9.17, 15) is 0 Å². The van der Waals surface area contributed by atoms with Crippen molar-refractivity contribution in [3.05, 3.63) is 33.9 Å². The Labute approximate surface area is 104 Å². The Balaban J connectivity index is 2.23. The molecule has 0 aliphatic heterocycles. The number of aromatic amines is 1. The SMILES string of the molecule is CC1(C)CCc2[nH]c3ccc(Br)cc3c2C1. The maximum atomic E-state index is 3.56. The van der Waals surface area contributed by atoms with Gasteiger partial charge in [0, 0.05) is 21.1 Å². The summed E-state index contributed by atoms with van der Waals surface area (Å²) in [5.41, 5.74) is 4.72. The molecule has 16 heavy (non-hydrogen) atoms. The van der Waals surface area contributed by atoms with E-state index in [1.165, 1.54) is 45.9 Å². The first kappa shape index (κ1) is 10.4. The summed E-state index contributed by atoms with van der Waals surface area (Å²) >= 11 is 3.56. The summed E-state index contributed by atoms with van der Waals surface area (Å²) in [5, 5.41) is 1.40. The number of nitrogens with one attached hydrogen (secondary N) is 1. The fourth-order valence-corrected chi connectivity index (χ4v) is 3.08. The first-order valence-electron chi connectivity index (χ1n) is 5.84. The summed E-state index contributed by atoms with van der Waals surface area (Å²) in [5.74, 6) is 0. The number of halogens is 1. The molecule has 0 bridgehead atoms. The number of hydrogen-bond donors (Lipinski definition) is 1. The second-order valence-corrected chi connectivity index (χ2v) is 6.53. The summed E-state index contributed by atoms with van der Waals surface area (Å²) in [6.07, 6.45) is 3.67. The van der Waals surface area contributed by atoms with Gasteiger partial charge < -0.3 is 4.98 Å². The lowest BCUT2D eigenvalue weighted by atomic mass is 9.76. The normalized spacial score (nSPS) is 18.7. The van der Waals surface area contributed by atoms with Crippen molar-refractivity contribution in [1.82, 2.24) is 4.98 Å². The summed E-state index contributed by atoms with van der Waals surface area (Å²) in [7, 11) is 0. The Morgan fingerprint density at radius 2 is 2.12 bits per heavy atom. The van der Waals surface area contributed by atoms with Gasteiger partial charge in [-0.15, -0.1) is 0 Å². The first-order chi connectivity index (χ1) is 7.55. The van der Waals surface area contributed by atoms with Crippen molar-refractivity contribution in [2.75, 3.05) is 0 Å². The van der Waals surface area contributed by atoms with Gasteiger partial charge in [-0.1, -0.05) is 29.8 Å². The van der Waals surface area contributed by atoms with Gasteiger partial charge in [0.25, 0.3) is 0 Å². The van der Waals surface area contributed by atoms with Crippen LogP contribution >= 0.6 is 15.9 Å². The minimum atomic E-state index is 0.449. The maximum absolute atomic E-state index is 3.56.